The van der Waals surface area contributed by atoms with Gasteiger partial charge in [-0.1, -0.05) is 30.3 Å². The van der Waals surface area contributed by atoms with E-state index in [4.69, 9.17) is 5.73 Å². The molecule has 1 atom stereocenters. The van der Waals surface area contributed by atoms with Gasteiger partial charge in [0.05, 0.1) is 5.52 Å². The minimum atomic E-state index is 0.426. The molecule has 0 aliphatic carbocycles. The second kappa shape index (κ2) is 5.28. The smallest absolute Gasteiger partial charge is 0.216 e. The number of nitrogens with two attached hydrogens (primary N) is 1. The summed E-state index contributed by atoms with van der Waals surface area (Å²) in [6.07, 6.45) is 2.04. The molecule has 1 aliphatic heterocycles. The Morgan fingerprint density at radius 2 is 1.80 bits per heavy atom. The van der Waals surface area contributed by atoms with Crippen LogP contribution in [0.1, 0.15) is 22.9 Å². The molecule has 0 spiro atoms. The lowest BCUT2D eigenvalue weighted by atomic mass is 9.99. The van der Waals surface area contributed by atoms with Crippen molar-refractivity contribution in [2.75, 3.05) is 5.73 Å². The molecule has 3 heterocycles. The SMILES string of the molecule is Cc1ccc2cccc3c2[n+]1[C@H](Cc1cccc2ccc(N)nc12)C3. The van der Waals surface area contributed by atoms with Gasteiger partial charge < -0.3 is 5.73 Å². The third-order valence-corrected chi connectivity index (χ3v) is 5.38. The Morgan fingerprint density at radius 3 is 2.72 bits per heavy atom. The summed E-state index contributed by atoms with van der Waals surface area (Å²) in [5.74, 6) is 0.584. The molecule has 5 rings (SSSR count). The fraction of sp³-hybridized carbons (Fsp3) is 0.182. The average molecular weight is 326 g/mol. The topological polar surface area (TPSA) is 42.8 Å². The van der Waals surface area contributed by atoms with Gasteiger partial charge in [-0.3, -0.25) is 0 Å². The second-order valence-electron chi connectivity index (χ2n) is 6.99. The van der Waals surface area contributed by atoms with Gasteiger partial charge in [0.2, 0.25) is 5.52 Å². The van der Waals surface area contributed by atoms with Gasteiger partial charge in [0.25, 0.3) is 0 Å². The van der Waals surface area contributed by atoms with Crippen LogP contribution in [0.5, 0.6) is 0 Å². The lowest BCUT2D eigenvalue weighted by Crippen LogP contribution is -2.41. The molecule has 3 nitrogen and oxygen atoms in total. The first-order valence-electron chi connectivity index (χ1n) is 8.77. The zero-order chi connectivity index (χ0) is 17.0. The molecule has 0 fully saturated rings. The van der Waals surface area contributed by atoms with Crippen molar-refractivity contribution >= 4 is 27.6 Å². The van der Waals surface area contributed by atoms with E-state index in [9.17, 15) is 0 Å². The molecule has 0 saturated carbocycles. The van der Waals surface area contributed by atoms with E-state index in [0.717, 1.165) is 23.7 Å². The van der Waals surface area contributed by atoms with Crippen LogP contribution >= 0.6 is 0 Å². The van der Waals surface area contributed by atoms with Crippen molar-refractivity contribution in [3.63, 3.8) is 0 Å². The maximum atomic E-state index is 5.94. The summed E-state index contributed by atoms with van der Waals surface area (Å²) in [4.78, 5) is 4.61. The Morgan fingerprint density at radius 1 is 1.00 bits per heavy atom. The van der Waals surface area contributed by atoms with Crippen molar-refractivity contribution < 1.29 is 4.57 Å². The van der Waals surface area contributed by atoms with Gasteiger partial charge in [-0.25, -0.2) is 4.98 Å². The van der Waals surface area contributed by atoms with Crippen molar-refractivity contribution in [3.05, 3.63) is 77.5 Å². The quantitative estimate of drug-likeness (QED) is 0.568. The zero-order valence-electron chi connectivity index (χ0n) is 14.2. The van der Waals surface area contributed by atoms with Crippen molar-refractivity contribution in [2.24, 2.45) is 0 Å². The first kappa shape index (κ1) is 14.4. The van der Waals surface area contributed by atoms with E-state index in [1.807, 2.05) is 6.07 Å². The monoisotopic (exact) mass is 326 g/mol. The Balaban J connectivity index is 1.64. The molecular weight excluding hydrogens is 306 g/mol. The van der Waals surface area contributed by atoms with Gasteiger partial charge >= 0.3 is 0 Å². The fourth-order valence-corrected chi connectivity index (χ4v) is 4.29. The van der Waals surface area contributed by atoms with E-state index in [2.05, 4.69) is 71.1 Å². The number of pyridine rings is 2. The van der Waals surface area contributed by atoms with Crippen LogP contribution in [0.4, 0.5) is 5.82 Å². The number of para-hydroxylation sites is 2. The van der Waals surface area contributed by atoms with Gasteiger partial charge in [-0.05, 0) is 29.8 Å². The maximum absolute atomic E-state index is 5.94. The summed E-state index contributed by atoms with van der Waals surface area (Å²) < 4.78 is 2.51. The number of rotatable bonds is 2. The Labute approximate surface area is 146 Å². The van der Waals surface area contributed by atoms with Crippen molar-refractivity contribution in [2.45, 2.75) is 25.8 Å². The van der Waals surface area contributed by atoms with E-state index in [0.29, 0.717) is 11.9 Å². The van der Waals surface area contributed by atoms with Gasteiger partial charge in [-0.2, -0.15) is 4.57 Å². The molecule has 3 heteroatoms. The number of benzene rings is 2. The van der Waals surface area contributed by atoms with Crippen LogP contribution < -0.4 is 10.3 Å². The molecule has 122 valence electrons. The van der Waals surface area contributed by atoms with Crippen LogP contribution in [0, 0.1) is 6.92 Å². The number of hydrogen-bond acceptors (Lipinski definition) is 2. The highest BCUT2D eigenvalue weighted by Gasteiger charge is 2.34. The van der Waals surface area contributed by atoms with Crippen LogP contribution in [0.2, 0.25) is 0 Å². The van der Waals surface area contributed by atoms with Gasteiger partial charge in [0.15, 0.2) is 11.7 Å². The number of anilines is 1. The fourth-order valence-electron chi connectivity index (χ4n) is 4.29. The van der Waals surface area contributed by atoms with E-state index in [1.165, 1.54) is 27.7 Å². The predicted molar refractivity (Wildman–Crippen MR) is 101 cm³/mol. The van der Waals surface area contributed by atoms with Crippen LogP contribution in [0.3, 0.4) is 0 Å². The van der Waals surface area contributed by atoms with Crippen LogP contribution in [0.15, 0.2) is 60.7 Å². The molecule has 0 unspecified atom stereocenters. The minimum absolute atomic E-state index is 0.426. The molecule has 0 radical (unpaired) electrons. The van der Waals surface area contributed by atoms with Gasteiger partial charge in [0, 0.05) is 42.2 Å². The Bertz CT molecular complexity index is 1130. The minimum Gasteiger partial charge on any atom is -0.384 e. The van der Waals surface area contributed by atoms with E-state index >= 15 is 0 Å². The van der Waals surface area contributed by atoms with Crippen molar-refractivity contribution in [3.8, 4) is 0 Å². The summed E-state index contributed by atoms with van der Waals surface area (Å²) in [6, 6.07) is 21.9. The molecular formula is C22H20N3+. The van der Waals surface area contributed by atoms with E-state index in [-0.39, 0.29) is 0 Å². The van der Waals surface area contributed by atoms with Crippen LogP contribution in [-0.4, -0.2) is 4.98 Å². The number of nitrogens with zero attached hydrogens (tertiary/aromatic N) is 2. The molecule has 0 bridgehead atoms. The maximum Gasteiger partial charge on any atom is 0.216 e. The van der Waals surface area contributed by atoms with Gasteiger partial charge in [-0.15, -0.1) is 0 Å². The lowest BCUT2D eigenvalue weighted by Gasteiger charge is -2.11. The number of nitrogen functional groups attached to an aromatic ring is 1. The number of hydrogen-bond donors (Lipinski definition) is 1. The molecule has 2 aromatic carbocycles. The third-order valence-electron chi connectivity index (χ3n) is 5.38. The summed E-state index contributed by atoms with van der Waals surface area (Å²) in [7, 11) is 0. The molecule has 1 aliphatic rings. The molecule has 4 aromatic rings. The summed E-state index contributed by atoms with van der Waals surface area (Å²) in [5.41, 5.74) is 12.4. The Kier molecular flexibility index (Phi) is 3.04. The number of aryl methyl sites for hydroxylation is 1. The summed E-state index contributed by atoms with van der Waals surface area (Å²) in [5, 5.41) is 2.48. The standard InChI is InChI=1S/C22H20N3/c1-14-8-9-16-5-3-7-18-13-19(25(14)22(16)18)12-17-6-2-4-15-10-11-20(23)24-21(15)17/h2-11,19H,12-13H2,1H3,(H2,23,24)/q+1/t19-/m1/s1. The predicted octanol–water partition coefficient (Wildman–Crippen LogP) is 3.91. The summed E-state index contributed by atoms with van der Waals surface area (Å²) >= 11 is 0. The summed E-state index contributed by atoms with van der Waals surface area (Å²) in [6.45, 7) is 2.20. The normalized spacial score (nSPS) is 16.0. The molecule has 25 heavy (non-hydrogen) atoms. The van der Waals surface area contributed by atoms with E-state index in [1.54, 1.807) is 0 Å². The van der Waals surface area contributed by atoms with Crippen LogP contribution in [0.25, 0.3) is 21.8 Å². The number of aromatic nitrogens is 2. The lowest BCUT2D eigenvalue weighted by molar-refractivity contribution is -0.696. The highest BCUT2D eigenvalue weighted by atomic mass is 15.0. The molecule has 0 amide bonds. The van der Waals surface area contributed by atoms with E-state index < -0.39 is 0 Å². The van der Waals surface area contributed by atoms with Gasteiger partial charge in [0.1, 0.15) is 5.82 Å². The second-order valence-corrected chi connectivity index (χ2v) is 6.99. The highest BCUT2D eigenvalue weighted by molar-refractivity contribution is 5.83. The highest BCUT2D eigenvalue weighted by Crippen LogP contribution is 2.30. The molecule has 2 aromatic heterocycles. The molecule has 0 saturated heterocycles. The van der Waals surface area contributed by atoms with Crippen LogP contribution in [-0.2, 0) is 12.8 Å². The first-order valence-corrected chi connectivity index (χ1v) is 8.77. The first-order chi connectivity index (χ1) is 12.2. The average Bonchev–Trinajstić information content (AvgIpc) is 2.99. The Hall–Kier alpha value is -2.94. The molecule has 2 N–H and O–H groups in total. The van der Waals surface area contributed by atoms with Crippen molar-refractivity contribution in [1.29, 1.82) is 0 Å². The zero-order valence-corrected chi connectivity index (χ0v) is 14.2. The number of fused-ring (bicyclic) bond motifs is 1. The third kappa shape index (κ3) is 2.19. The largest absolute Gasteiger partial charge is 0.384 e. The van der Waals surface area contributed by atoms with Crippen molar-refractivity contribution in [1.82, 2.24) is 4.98 Å².